The van der Waals surface area contributed by atoms with Crippen LogP contribution in [0.4, 0.5) is 4.39 Å². The van der Waals surface area contributed by atoms with Gasteiger partial charge in [0.2, 0.25) is 0 Å². The highest BCUT2D eigenvalue weighted by Gasteiger charge is 2.06. The molecule has 1 unspecified atom stereocenters. The first kappa shape index (κ1) is 15.9. The molecule has 2 nitrogen and oxygen atoms in total. The first-order valence-electron chi connectivity index (χ1n) is 5.66. The van der Waals surface area contributed by atoms with E-state index in [1.165, 1.54) is 24.3 Å². The Balaban J connectivity index is 0.00000121. The second-order valence-corrected chi connectivity index (χ2v) is 3.89. The van der Waals surface area contributed by atoms with Gasteiger partial charge in [-0.05, 0) is 30.7 Å². The van der Waals surface area contributed by atoms with Crippen molar-refractivity contribution in [3.63, 3.8) is 0 Å². The molecule has 0 heterocycles. The standard InChI is InChI=1S/C11H12FO2P.C2H6/c12-9-6-4-8(5-7-9)10(13)2-1-3-11(14)15;1-2/h4-7H,1-3,15H2;1-2H3. The van der Waals surface area contributed by atoms with E-state index in [1.54, 1.807) is 0 Å². The molecule has 94 valence electrons. The molecule has 0 fully saturated rings. The Bertz CT molecular complexity index is 360. The van der Waals surface area contributed by atoms with E-state index in [0.29, 0.717) is 24.8 Å². The Kier molecular flexibility index (Phi) is 8.43. The maximum Gasteiger partial charge on any atom is 0.162 e. The summed E-state index contributed by atoms with van der Waals surface area (Å²) in [7, 11) is 2.07. The zero-order valence-electron chi connectivity index (χ0n) is 10.2. The van der Waals surface area contributed by atoms with E-state index >= 15 is 0 Å². The Morgan fingerprint density at radius 3 is 2.12 bits per heavy atom. The molecule has 1 atom stereocenters. The van der Waals surface area contributed by atoms with Crippen LogP contribution in [0.15, 0.2) is 24.3 Å². The average Bonchev–Trinajstić information content (AvgIpc) is 2.32. The predicted octanol–water partition coefficient (Wildman–Crippen LogP) is 3.61. The van der Waals surface area contributed by atoms with Gasteiger partial charge in [0, 0.05) is 18.4 Å². The number of carbonyl (C=O) groups excluding carboxylic acids is 2. The van der Waals surface area contributed by atoms with Crippen molar-refractivity contribution in [2.45, 2.75) is 33.1 Å². The van der Waals surface area contributed by atoms with Gasteiger partial charge in [-0.1, -0.05) is 23.1 Å². The lowest BCUT2D eigenvalue weighted by Gasteiger charge is -1.99. The fraction of sp³-hybridized carbons (Fsp3) is 0.385. The second-order valence-electron chi connectivity index (χ2n) is 3.25. The average molecular weight is 256 g/mol. The van der Waals surface area contributed by atoms with E-state index in [9.17, 15) is 14.0 Å². The van der Waals surface area contributed by atoms with E-state index in [-0.39, 0.29) is 17.1 Å². The number of halogens is 1. The zero-order valence-corrected chi connectivity index (χ0v) is 11.4. The number of hydrogen-bond acceptors (Lipinski definition) is 2. The molecule has 1 aromatic rings. The van der Waals surface area contributed by atoms with Crippen molar-refractivity contribution < 1.29 is 14.0 Å². The van der Waals surface area contributed by atoms with E-state index < -0.39 is 0 Å². The van der Waals surface area contributed by atoms with Gasteiger partial charge in [-0.25, -0.2) is 4.39 Å². The number of benzene rings is 1. The topological polar surface area (TPSA) is 34.1 Å². The summed E-state index contributed by atoms with van der Waals surface area (Å²) in [5.41, 5.74) is 0.495. The third-order valence-electron chi connectivity index (χ3n) is 1.99. The minimum Gasteiger partial charge on any atom is -0.295 e. The molecule has 0 saturated carbocycles. The number of Topliss-reactive ketones (excluding diaryl/α,β-unsaturated/α-hetero) is 1. The van der Waals surface area contributed by atoms with Gasteiger partial charge in [0.25, 0.3) is 0 Å². The summed E-state index contributed by atoms with van der Waals surface area (Å²) in [6.07, 6.45) is 1.25. The summed E-state index contributed by atoms with van der Waals surface area (Å²) in [4.78, 5) is 22.1. The lowest BCUT2D eigenvalue weighted by molar-refractivity contribution is -0.111. The molecule has 0 radical (unpaired) electrons. The molecule has 4 heteroatoms. The van der Waals surface area contributed by atoms with Gasteiger partial charge >= 0.3 is 0 Å². The number of ketones is 1. The molecule has 0 spiro atoms. The normalized spacial score (nSPS) is 9.18. The van der Waals surface area contributed by atoms with E-state index in [4.69, 9.17) is 0 Å². The summed E-state index contributed by atoms with van der Waals surface area (Å²) in [5.74, 6) is -0.409. The molecule has 1 aromatic carbocycles. The molecule has 0 aliphatic rings. The Morgan fingerprint density at radius 2 is 1.65 bits per heavy atom. The SMILES string of the molecule is CC.O=C(P)CCCC(=O)c1ccc(F)cc1. The Morgan fingerprint density at radius 1 is 1.12 bits per heavy atom. The van der Waals surface area contributed by atoms with Crippen molar-refractivity contribution in [1.29, 1.82) is 0 Å². The fourth-order valence-electron chi connectivity index (χ4n) is 1.20. The molecule has 0 N–H and O–H groups in total. The van der Waals surface area contributed by atoms with Gasteiger partial charge in [0.05, 0.1) is 0 Å². The lowest BCUT2D eigenvalue weighted by atomic mass is 10.1. The Labute approximate surface area is 104 Å². The quantitative estimate of drug-likeness (QED) is 0.595. The summed E-state index contributed by atoms with van der Waals surface area (Å²) in [6, 6.07) is 5.43. The van der Waals surface area contributed by atoms with Gasteiger partial charge in [0.15, 0.2) is 5.78 Å². The van der Waals surface area contributed by atoms with Crippen molar-refractivity contribution >= 4 is 20.5 Å². The first-order valence-corrected chi connectivity index (χ1v) is 6.24. The smallest absolute Gasteiger partial charge is 0.162 e. The number of carbonyl (C=O) groups is 2. The minimum atomic E-state index is -0.355. The summed E-state index contributed by atoms with van der Waals surface area (Å²) >= 11 is 0. The highest BCUT2D eigenvalue weighted by Crippen LogP contribution is 2.09. The molecule has 0 amide bonds. The molecule has 1 rings (SSSR count). The molecule has 0 aliphatic heterocycles. The van der Waals surface area contributed by atoms with Crippen LogP contribution in [0, 0.1) is 5.82 Å². The molecule has 17 heavy (non-hydrogen) atoms. The van der Waals surface area contributed by atoms with E-state index in [0.717, 1.165) is 0 Å². The number of rotatable bonds is 5. The molecule has 0 saturated heterocycles. The largest absolute Gasteiger partial charge is 0.295 e. The highest BCUT2D eigenvalue weighted by atomic mass is 31.0. The van der Waals surface area contributed by atoms with Gasteiger partial charge in [-0.15, -0.1) is 0 Å². The molecule has 0 aliphatic carbocycles. The maximum absolute atomic E-state index is 12.5. The van der Waals surface area contributed by atoms with Gasteiger partial charge in [-0.3, -0.25) is 9.59 Å². The van der Waals surface area contributed by atoms with Crippen LogP contribution in [-0.2, 0) is 4.79 Å². The van der Waals surface area contributed by atoms with Crippen molar-refractivity contribution in [3.05, 3.63) is 35.6 Å². The van der Waals surface area contributed by atoms with Crippen molar-refractivity contribution in [2.75, 3.05) is 0 Å². The van der Waals surface area contributed by atoms with E-state index in [1.807, 2.05) is 13.8 Å². The molecular formula is C13H18FO2P. The third kappa shape index (κ3) is 6.96. The zero-order chi connectivity index (χ0) is 13.3. The van der Waals surface area contributed by atoms with Gasteiger partial charge in [0.1, 0.15) is 11.3 Å². The van der Waals surface area contributed by atoms with Crippen LogP contribution in [-0.4, -0.2) is 11.3 Å². The van der Waals surface area contributed by atoms with Gasteiger partial charge < -0.3 is 0 Å². The van der Waals surface area contributed by atoms with Crippen LogP contribution < -0.4 is 0 Å². The molecular weight excluding hydrogens is 238 g/mol. The lowest BCUT2D eigenvalue weighted by Crippen LogP contribution is -1.99. The summed E-state index contributed by atoms with van der Waals surface area (Å²) < 4.78 is 12.5. The molecule has 0 bridgehead atoms. The monoisotopic (exact) mass is 256 g/mol. The van der Waals surface area contributed by atoms with Crippen molar-refractivity contribution in [1.82, 2.24) is 0 Å². The minimum absolute atomic E-state index is 0.00176. The highest BCUT2D eigenvalue weighted by molar-refractivity contribution is 7.40. The summed E-state index contributed by atoms with van der Waals surface area (Å²) in [5, 5.41) is 0. The van der Waals surface area contributed by atoms with Gasteiger partial charge in [-0.2, -0.15) is 0 Å². The van der Waals surface area contributed by atoms with Crippen LogP contribution in [0.5, 0.6) is 0 Å². The molecule has 0 aromatic heterocycles. The Hall–Kier alpha value is -1.08. The van der Waals surface area contributed by atoms with Crippen LogP contribution in [0.2, 0.25) is 0 Å². The van der Waals surface area contributed by atoms with Crippen molar-refractivity contribution in [2.24, 2.45) is 0 Å². The summed E-state index contributed by atoms with van der Waals surface area (Å²) in [6.45, 7) is 4.00. The predicted molar refractivity (Wildman–Crippen MR) is 70.6 cm³/mol. The van der Waals surface area contributed by atoms with Crippen molar-refractivity contribution in [3.8, 4) is 0 Å². The van der Waals surface area contributed by atoms with Crippen LogP contribution in [0.3, 0.4) is 0 Å². The first-order chi connectivity index (χ1) is 8.09. The fourth-order valence-corrected chi connectivity index (χ4v) is 1.41. The number of hydrogen-bond donors (Lipinski definition) is 0. The van der Waals surface area contributed by atoms with E-state index in [2.05, 4.69) is 9.24 Å². The maximum atomic E-state index is 12.5. The second kappa shape index (κ2) is 9.00. The van der Waals surface area contributed by atoms with Crippen LogP contribution in [0.25, 0.3) is 0 Å². The van der Waals surface area contributed by atoms with Crippen LogP contribution in [0.1, 0.15) is 43.5 Å². The third-order valence-corrected chi connectivity index (χ3v) is 2.28. The van der Waals surface area contributed by atoms with Crippen LogP contribution >= 0.6 is 9.24 Å².